The Labute approximate surface area is 358 Å². The second-order valence-electron chi connectivity index (χ2n) is 21.3. The van der Waals surface area contributed by atoms with Crippen LogP contribution in [-0.2, 0) is 24.1 Å². The molecule has 0 aromatic carbocycles. The molecular weight excluding hydrogens is 753 g/mol. The van der Waals surface area contributed by atoms with Crippen LogP contribution in [0, 0.1) is 42.9 Å². The predicted molar refractivity (Wildman–Crippen MR) is 243 cm³/mol. The second kappa shape index (κ2) is 18.3. The molecule has 330 valence electrons. The number of nitrogens with zero attached hydrogens (tertiary/aromatic N) is 3. The topological polar surface area (TPSA) is 170 Å². The summed E-state index contributed by atoms with van der Waals surface area (Å²) in [7, 11) is 0. The molecule has 0 spiro atoms. The Bertz CT molecular complexity index is 1970. The van der Waals surface area contributed by atoms with Crippen molar-refractivity contribution in [1.82, 2.24) is 25.6 Å². The summed E-state index contributed by atoms with van der Waals surface area (Å²) in [6.07, 6.45) is 17.1. The van der Waals surface area contributed by atoms with Crippen LogP contribution < -0.4 is 10.6 Å². The maximum Gasteiger partial charge on any atom is 0.223 e. The predicted octanol–water partition coefficient (Wildman–Crippen LogP) is 8.99. The molecule has 7 unspecified atom stereocenters. The van der Waals surface area contributed by atoms with Crippen molar-refractivity contribution < 1.29 is 14.5 Å². The molecule has 5 aliphatic rings. The van der Waals surface area contributed by atoms with Gasteiger partial charge in [-0.05, 0) is 93.5 Å². The molecule has 2 saturated heterocycles. The van der Waals surface area contributed by atoms with E-state index in [9.17, 15) is 20.1 Å². The van der Waals surface area contributed by atoms with Crippen LogP contribution in [0.25, 0.3) is 0 Å². The monoisotopic (exact) mass is 827 g/mol. The number of Topliss-reactive ketones (excluding diaryl/α,β-unsaturated/α-hetero) is 1. The minimum Gasteiger partial charge on any atom is -0.624 e. The van der Waals surface area contributed by atoms with E-state index in [-0.39, 0.29) is 28.6 Å². The van der Waals surface area contributed by atoms with Gasteiger partial charge in [-0.15, -0.1) is 0 Å². The number of hydroxylamine groups is 1. The molecule has 5 N–H and O–H groups in total. The van der Waals surface area contributed by atoms with Gasteiger partial charge in [0.25, 0.3) is 0 Å². The highest BCUT2D eigenvalue weighted by molar-refractivity contribution is 5.84. The molecule has 3 aromatic rings. The maximum atomic E-state index is 11.9. The summed E-state index contributed by atoms with van der Waals surface area (Å²) in [4.78, 5) is 36.1. The molecule has 0 radical (unpaired) electrons. The maximum absolute atomic E-state index is 11.9. The van der Waals surface area contributed by atoms with Crippen LogP contribution in [0.3, 0.4) is 0 Å². The largest absolute Gasteiger partial charge is 0.624 e. The quantitative estimate of drug-likeness (QED) is 0.0591. The number of aliphatic imine (C=N–C) groups is 1. The van der Waals surface area contributed by atoms with Crippen LogP contribution in [0.4, 0.5) is 0 Å². The van der Waals surface area contributed by atoms with Gasteiger partial charge in [0.2, 0.25) is 6.04 Å². The summed E-state index contributed by atoms with van der Waals surface area (Å²) in [5, 5.41) is 30.4. The zero-order valence-corrected chi connectivity index (χ0v) is 38.4. The normalized spacial score (nSPS) is 28.2. The van der Waals surface area contributed by atoms with Crippen molar-refractivity contribution in [2.24, 2.45) is 32.6 Å². The van der Waals surface area contributed by atoms with E-state index >= 15 is 0 Å². The summed E-state index contributed by atoms with van der Waals surface area (Å²) in [5.41, 5.74) is 6.08. The molecule has 60 heavy (non-hydrogen) atoms. The average molecular weight is 827 g/mol. The summed E-state index contributed by atoms with van der Waals surface area (Å²) in [6, 6.07) is 13.0. The lowest BCUT2D eigenvalue weighted by molar-refractivity contribution is -0.540. The zero-order chi connectivity index (χ0) is 44.3. The lowest BCUT2D eigenvalue weighted by atomic mass is 9.78. The van der Waals surface area contributed by atoms with Crippen LogP contribution in [0.15, 0.2) is 72.3 Å². The Balaban J connectivity index is 0.000000152. The van der Waals surface area contributed by atoms with Gasteiger partial charge in [-0.3, -0.25) is 15.1 Å². The van der Waals surface area contributed by atoms with E-state index in [2.05, 4.69) is 99.3 Å². The minimum atomic E-state index is -0.759. The van der Waals surface area contributed by atoms with Gasteiger partial charge in [0, 0.05) is 107 Å². The third kappa shape index (κ3) is 11.3. The number of nitro groups is 1. The molecule has 0 amide bonds. The fourth-order valence-electron chi connectivity index (χ4n) is 10.8. The first-order valence-corrected chi connectivity index (χ1v) is 21.9. The Morgan fingerprint density at radius 3 is 1.97 bits per heavy atom. The number of rotatable bonds is 10. The third-order valence-corrected chi connectivity index (χ3v) is 13.9. The molecule has 8 heterocycles. The number of aromatic amines is 3. The SMILES string of the molecule is CC(=O)CC(C)(C)C(Cc1ccc[nH]1)[N+](=O)[O-].CC1(C)CC2(C)NC1CC1NC=CC12.CC1=NC(Cc2ccc[nH]2)C(C)(C)C1.CC1=[N+]([O-])C(Cc2ccc[nH]2)C(C)(C)C1. The van der Waals surface area contributed by atoms with Crippen LogP contribution in [-0.4, -0.2) is 77.6 Å². The fourth-order valence-corrected chi connectivity index (χ4v) is 10.8. The van der Waals surface area contributed by atoms with Crippen molar-refractivity contribution >= 4 is 17.2 Å². The minimum absolute atomic E-state index is 0.0201. The van der Waals surface area contributed by atoms with Crippen molar-refractivity contribution in [3.63, 3.8) is 0 Å². The number of fused-ring (bicyclic) bond motifs is 4. The summed E-state index contributed by atoms with van der Waals surface area (Å²) in [5.74, 6) is 0.675. The molecule has 0 aliphatic carbocycles. The van der Waals surface area contributed by atoms with Crippen molar-refractivity contribution in [1.29, 1.82) is 0 Å². The summed E-state index contributed by atoms with van der Waals surface area (Å²) < 4.78 is 1.20. The Morgan fingerprint density at radius 2 is 1.48 bits per heavy atom. The highest BCUT2D eigenvalue weighted by atomic mass is 16.6. The zero-order valence-electron chi connectivity index (χ0n) is 38.4. The van der Waals surface area contributed by atoms with Gasteiger partial charge in [-0.25, -0.2) is 4.74 Å². The summed E-state index contributed by atoms with van der Waals surface area (Å²) >= 11 is 0. The number of hydrogen-bond donors (Lipinski definition) is 5. The van der Waals surface area contributed by atoms with Crippen molar-refractivity contribution in [2.45, 2.75) is 170 Å². The number of carbonyl (C=O) groups is 1. The first-order valence-electron chi connectivity index (χ1n) is 21.9. The number of nitrogens with one attached hydrogen (secondary N) is 5. The number of hydrogen-bond acceptors (Lipinski definition) is 7. The van der Waals surface area contributed by atoms with E-state index in [4.69, 9.17) is 4.99 Å². The molecule has 5 aliphatic heterocycles. The van der Waals surface area contributed by atoms with E-state index in [1.807, 2.05) is 49.6 Å². The van der Waals surface area contributed by atoms with E-state index in [0.717, 1.165) is 42.8 Å². The standard InChI is InChI=1S/C12H18N2O3.C12H18N2O.C12H20N2.C12H18N2/c1-9(15)8-12(2,3)11(14(16)17)7-10-5-4-6-13-10;1-9-8-12(2,3)11(14(9)15)7-10-5-4-6-13-10;1-11(2)7-12(3)8-4-5-13-9(8)6-10(11)14-12;1-9-8-12(2,3)11(14-9)7-10-5-4-6-13-10/h4-6,11,13H,7-8H2,1-3H3;4-6,11,13H,7-8H2,1-3H3;4-5,8-10,13-14H,6-7H2,1-3H3;4-6,11,13H,7-8H2,1-3H3. The van der Waals surface area contributed by atoms with Gasteiger partial charge in [0.1, 0.15) is 5.78 Å². The van der Waals surface area contributed by atoms with Gasteiger partial charge < -0.3 is 35.6 Å². The van der Waals surface area contributed by atoms with E-state index in [1.54, 1.807) is 20.0 Å². The van der Waals surface area contributed by atoms with Crippen molar-refractivity contribution in [2.75, 3.05) is 0 Å². The number of carbonyl (C=O) groups excluding carboxylic acids is 1. The Kier molecular flexibility index (Phi) is 14.2. The van der Waals surface area contributed by atoms with Crippen LogP contribution in [0.2, 0.25) is 0 Å². The number of ketones is 1. The van der Waals surface area contributed by atoms with Crippen LogP contribution in [0.5, 0.6) is 0 Å². The molecule has 12 heteroatoms. The third-order valence-electron chi connectivity index (χ3n) is 13.9. The first kappa shape index (κ1) is 46.6. The Hall–Kier alpha value is -4.45. The van der Waals surface area contributed by atoms with E-state index in [1.165, 1.54) is 35.9 Å². The highest BCUT2D eigenvalue weighted by Gasteiger charge is 2.56. The van der Waals surface area contributed by atoms with Gasteiger partial charge in [-0.2, -0.15) is 0 Å². The lowest BCUT2D eigenvalue weighted by Gasteiger charge is -2.41. The Morgan fingerprint density at radius 1 is 0.900 bits per heavy atom. The van der Waals surface area contributed by atoms with Gasteiger partial charge >= 0.3 is 0 Å². The number of aromatic nitrogens is 3. The van der Waals surface area contributed by atoms with Gasteiger partial charge in [-0.1, -0.05) is 61.5 Å². The fraction of sp³-hybridized carbons (Fsp3) is 0.646. The van der Waals surface area contributed by atoms with Crippen molar-refractivity contribution in [3.05, 3.63) is 99.7 Å². The average Bonchev–Trinajstić information content (AvgIpc) is 3.99. The van der Waals surface area contributed by atoms with Crippen LogP contribution in [0.1, 0.15) is 132 Å². The molecule has 0 saturated carbocycles. The van der Waals surface area contributed by atoms with Gasteiger partial charge in [0.15, 0.2) is 11.8 Å². The first-order chi connectivity index (χ1) is 27.9. The van der Waals surface area contributed by atoms with Crippen LogP contribution >= 0.6 is 0 Å². The molecular formula is C48H74N8O4. The molecule has 3 aromatic heterocycles. The van der Waals surface area contributed by atoms with E-state index < -0.39 is 11.5 Å². The number of H-pyrrole nitrogens is 3. The molecule has 8 rings (SSSR count). The van der Waals surface area contributed by atoms with E-state index in [0.29, 0.717) is 46.8 Å². The second-order valence-corrected chi connectivity index (χ2v) is 21.3. The van der Waals surface area contributed by atoms with Gasteiger partial charge in [0.05, 0.1) is 18.9 Å². The molecule has 2 bridgehead atoms. The van der Waals surface area contributed by atoms with Crippen molar-refractivity contribution in [3.8, 4) is 0 Å². The molecule has 12 nitrogen and oxygen atoms in total. The lowest BCUT2D eigenvalue weighted by Crippen LogP contribution is -2.57. The molecule has 7 atom stereocenters. The highest BCUT2D eigenvalue weighted by Crippen LogP contribution is 2.50. The number of piperidine rings is 1. The summed E-state index contributed by atoms with van der Waals surface area (Å²) in [6.45, 7) is 25.2. The smallest absolute Gasteiger partial charge is 0.223 e. The molecule has 2 fully saturated rings.